The molecule has 28 heavy (non-hydrogen) atoms. The van der Waals surface area contributed by atoms with E-state index in [1.165, 1.54) is 16.7 Å². The molecule has 3 saturated heterocycles. The van der Waals surface area contributed by atoms with Crippen LogP contribution in [0.2, 0.25) is 0 Å². The van der Waals surface area contributed by atoms with Crippen LogP contribution in [0.4, 0.5) is 0 Å². The maximum atomic E-state index is 13.3. The largest absolute Gasteiger partial charge is 0.379 e. The third-order valence-corrected chi connectivity index (χ3v) is 6.60. The van der Waals surface area contributed by atoms with Crippen LogP contribution in [-0.2, 0) is 14.3 Å². The average Bonchev–Trinajstić information content (AvgIpc) is 2.68. The van der Waals surface area contributed by atoms with Crippen molar-refractivity contribution < 1.29 is 14.3 Å². The molecular formula is C23H32N2O3. The fraction of sp³-hybridized carbons (Fsp3) is 0.609. The molecule has 3 fully saturated rings. The lowest BCUT2D eigenvalue weighted by Crippen LogP contribution is -2.72. The number of nitrogens with zero attached hydrogens (tertiary/aromatic N) is 2. The minimum absolute atomic E-state index is 0.262. The Labute approximate surface area is 168 Å². The third-order valence-electron chi connectivity index (χ3n) is 6.60. The fourth-order valence-electron chi connectivity index (χ4n) is 4.64. The van der Waals surface area contributed by atoms with Crippen molar-refractivity contribution in [2.24, 2.45) is 5.92 Å². The van der Waals surface area contributed by atoms with Crippen molar-refractivity contribution in [2.45, 2.75) is 32.2 Å². The van der Waals surface area contributed by atoms with E-state index in [1.807, 2.05) is 0 Å². The van der Waals surface area contributed by atoms with Crippen molar-refractivity contribution in [1.29, 1.82) is 0 Å². The Kier molecular flexibility index (Phi) is 5.85. The summed E-state index contributed by atoms with van der Waals surface area (Å²) in [5.74, 6) is 0.804. The number of piperidine rings is 1. The van der Waals surface area contributed by atoms with E-state index in [0.717, 1.165) is 39.0 Å². The summed E-state index contributed by atoms with van der Waals surface area (Å²) in [6, 6.07) is 6.44. The van der Waals surface area contributed by atoms with Crippen molar-refractivity contribution in [3.05, 3.63) is 41.0 Å². The SMILES string of the molecule is Cc1cccc(C)c1/C=C/C1CCN(C(=O)C2(N3CCOCC3)COC2)CC1. The Morgan fingerprint density at radius 2 is 1.68 bits per heavy atom. The minimum Gasteiger partial charge on any atom is -0.379 e. The number of morpholine rings is 1. The third kappa shape index (κ3) is 3.76. The topological polar surface area (TPSA) is 42.0 Å². The number of aryl methyl sites for hydroxylation is 2. The van der Waals surface area contributed by atoms with Crippen LogP contribution < -0.4 is 0 Å². The summed E-state index contributed by atoms with van der Waals surface area (Å²) in [4.78, 5) is 17.7. The van der Waals surface area contributed by atoms with E-state index in [1.54, 1.807) is 0 Å². The van der Waals surface area contributed by atoms with Gasteiger partial charge in [-0.15, -0.1) is 0 Å². The highest BCUT2D eigenvalue weighted by molar-refractivity contribution is 5.88. The van der Waals surface area contributed by atoms with Crippen molar-refractivity contribution in [1.82, 2.24) is 9.80 Å². The van der Waals surface area contributed by atoms with Gasteiger partial charge in [0.2, 0.25) is 5.91 Å². The summed E-state index contributed by atoms with van der Waals surface area (Å²) in [6.07, 6.45) is 6.70. The van der Waals surface area contributed by atoms with E-state index in [9.17, 15) is 4.79 Å². The number of hydrogen-bond acceptors (Lipinski definition) is 4. The molecule has 1 amide bonds. The van der Waals surface area contributed by atoms with Gasteiger partial charge in [-0.25, -0.2) is 0 Å². The van der Waals surface area contributed by atoms with Gasteiger partial charge in [-0.05, 0) is 49.3 Å². The molecule has 3 aliphatic rings. The van der Waals surface area contributed by atoms with Gasteiger partial charge in [0.25, 0.3) is 0 Å². The average molecular weight is 385 g/mol. The first-order chi connectivity index (χ1) is 13.6. The zero-order valence-corrected chi connectivity index (χ0v) is 17.2. The van der Waals surface area contributed by atoms with Gasteiger partial charge in [0.05, 0.1) is 26.4 Å². The molecule has 152 valence electrons. The Bertz CT molecular complexity index is 707. The number of ether oxygens (including phenoxy) is 2. The second kappa shape index (κ2) is 8.36. The van der Waals surface area contributed by atoms with Gasteiger partial charge >= 0.3 is 0 Å². The molecule has 3 aliphatic heterocycles. The fourth-order valence-corrected chi connectivity index (χ4v) is 4.64. The molecule has 4 rings (SSSR count). The Morgan fingerprint density at radius 3 is 2.25 bits per heavy atom. The lowest BCUT2D eigenvalue weighted by atomic mass is 9.89. The summed E-state index contributed by atoms with van der Waals surface area (Å²) in [5, 5.41) is 0. The first-order valence-electron chi connectivity index (χ1n) is 10.5. The zero-order chi connectivity index (χ0) is 19.6. The molecule has 0 aliphatic carbocycles. The summed E-state index contributed by atoms with van der Waals surface area (Å²) in [5.41, 5.74) is 3.53. The molecule has 1 aromatic rings. The van der Waals surface area contributed by atoms with Crippen LogP contribution in [0.25, 0.3) is 6.08 Å². The van der Waals surface area contributed by atoms with E-state index < -0.39 is 5.54 Å². The van der Waals surface area contributed by atoms with Crippen molar-refractivity contribution in [3.8, 4) is 0 Å². The lowest BCUT2D eigenvalue weighted by molar-refractivity contribution is -0.189. The molecule has 0 N–H and O–H groups in total. The number of allylic oxidation sites excluding steroid dienone is 1. The predicted octanol–water partition coefficient (Wildman–Crippen LogP) is 2.66. The molecule has 0 bridgehead atoms. The monoisotopic (exact) mass is 384 g/mol. The van der Waals surface area contributed by atoms with E-state index in [4.69, 9.17) is 9.47 Å². The van der Waals surface area contributed by atoms with E-state index in [0.29, 0.717) is 32.3 Å². The number of amides is 1. The van der Waals surface area contributed by atoms with Gasteiger partial charge < -0.3 is 14.4 Å². The smallest absolute Gasteiger partial charge is 0.247 e. The van der Waals surface area contributed by atoms with Gasteiger partial charge in [0, 0.05) is 26.2 Å². The van der Waals surface area contributed by atoms with E-state index >= 15 is 0 Å². The van der Waals surface area contributed by atoms with E-state index in [-0.39, 0.29) is 5.91 Å². The summed E-state index contributed by atoms with van der Waals surface area (Å²) in [7, 11) is 0. The maximum Gasteiger partial charge on any atom is 0.247 e. The summed E-state index contributed by atoms with van der Waals surface area (Å²) < 4.78 is 11.0. The van der Waals surface area contributed by atoms with Crippen LogP contribution in [0.3, 0.4) is 0 Å². The van der Waals surface area contributed by atoms with Crippen LogP contribution in [0.5, 0.6) is 0 Å². The normalized spacial score (nSPS) is 23.7. The standard InChI is InChI=1S/C23H32N2O3/c1-18-4-3-5-19(2)21(18)7-6-20-8-10-24(11-9-20)22(26)23(16-28-17-23)25-12-14-27-15-13-25/h3-7,20H,8-17H2,1-2H3/b7-6+. The van der Waals surface area contributed by atoms with Crippen molar-refractivity contribution >= 4 is 12.0 Å². The van der Waals surface area contributed by atoms with Crippen LogP contribution >= 0.6 is 0 Å². The van der Waals surface area contributed by atoms with Gasteiger partial charge in [-0.2, -0.15) is 0 Å². The van der Waals surface area contributed by atoms with Crippen LogP contribution in [0.15, 0.2) is 24.3 Å². The Morgan fingerprint density at radius 1 is 1.04 bits per heavy atom. The van der Waals surface area contributed by atoms with Gasteiger partial charge in [-0.1, -0.05) is 30.4 Å². The summed E-state index contributed by atoms with van der Waals surface area (Å²) >= 11 is 0. The van der Waals surface area contributed by atoms with Crippen molar-refractivity contribution in [3.63, 3.8) is 0 Å². The maximum absolute atomic E-state index is 13.3. The van der Waals surface area contributed by atoms with Gasteiger partial charge in [0.1, 0.15) is 5.54 Å². The highest BCUT2D eigenvalue weighted by atomic mass is 16.5. The van der Waals surface area contributed by atoms with Crippen molar-refractivity contribution in [2.75, 3.05) is 52.6 Å². The van der Waals surface area contributed by atoms with E-state index in [2.05, 4.69) is 54.0 Å². The second-order valence-electron chi connectivity index (χ2n) is 8.42. The molecular weight excluding hydrogens is 352 g/mol. The second-order valence-corrected chi connectivity index (χ2v) is 8.42. The lowest BCUT2D eigenvalue weighted by Gasteiger charge is -2.51. The first-order valence-corrected chi connectivity index (χ1v) is 10.5. The molecule has 5 nitrogen and oxygen atoms in total. The highest BCUT2D eigenvalue weighted by Gasteiger charge is 2.52. The molecule has 5 heteroatoms. The predicted molar refractivity (Wildman–Crippen MR) is 110 cm³/mol. The van der Waals surface area contributed by atoms with Crippen LogP contribution in [0, 0.1) is 19.8 Å². The highest BCUT2D eigenvalue weighted by Crippen LogP contribution is 2.31. The first kappa shape index (κ1) is 19.6. The van der Waals surface area contributed by atoms with Gasteiger partial charge in [-0.3, -0.25) is 9.69 Å². The van der Waals surface area contributed by atoms with Gasteiger partial charge in [0.15, 0.2) is 0 Å². The summed E-state index contributed by atoms with van der Waals surface area (Å²) in [6.45, 7) is 10.1. The molecule has 0 aromatic heterocycles. The number of rotatable bonds is 4. The molecule has 0 radical (unpaired) electrons. The Hall–Kier alpha value is -1.69. The van der Waals surface area contributed by atoms with Crippen LogP contribution in [0.1, 0.15) is 29.5 Å². The quantitative estimate of drug-likeness (QED) is 0.800. The molecule has 0 spiro atoms. The number of carbonyl (C=O) groups is 1. The molecule has 0 unspecified atom stereocenters. The number of benzene rings is 1. The number of likely N-dealkylation sites (tertiary alicyclic amines) is 1. The number of hydrogen-bond donors (Lipinski definition) is 0. The minimum atomic E-state index is -0.440. The number of carbonyl (C=O) groups excluding carboxylic acids is 1. The van der Waals surface area contributed by atoms with Crippen LogP contribution in [-0.4, -0.2) is 73.9 Å². The molecule has 3 heterocycles. The molecule has 0 saturated carbocycles. The zero-order valence-electron chi connectivity index (χ0n) is 17.2. The Balaban J connectivity index is 1.36. The molecule has 0 atom stereocenters. The molecule has 1 aromatic carbocycles.